The topological polar surface area (TPSA) is 41.8 Å². The molecule has 4 heteroatoms. The minimum atomic E-state index is -0.562. The van der Waals surface area contributed by atoms with Crippen molar-refractivity contribution in [3.63, 3.8) is 0 Å². The molecule has 0 aliphatic heterocycles. The summed E-state index contributed by atoms with van der Waals surface area (Å²) < 4.78 is 0. The van der Waals surface area contributed by atoms with E-state index >= 15 is 0 Å². The molecule has 4 aromatic carbocycles. The zero-order valence-electron chi connectivity index (χ0n) is 15.5. The normalized spacial score (nSPS) is 10.9. The molecule has 0 atom stereocenters. The third-order valence-electron chi connectivity index (χ3n) is 4.58. The van der Waals surface area contributed by atoms with Gasteiger partial charge >= 0.3 is 0 Å². The van der Waals surface area contributed by atoms with Crippen LogP contribution in [-0.2, 0) is 0 Å². The number of hydrogen-bond acceptors (Lipinski definition) is 3. The Bertz CT molecular complexity index is 1170. The highest BCUT2D eigenvalue weighted by Gasteiger charge is 2.15. The minimum Gasteiger partial charge on any atom is -0.276 e. The van der Waals surface area contributed by atoms with Crippen molar-refractivity contribution in [2.24, 2.45) is 10.2 Å². The fraction of sp³-hybridized carbons (Fsp3) is 0. The van der Waals surface area contributed by atoms with Crippen LogP contribution in [0.3, 0.4) is 0 Å². The molecule has 0 saturated carbocycles. The first kappa shape index (κ1) is 18.8. The summed E-state index contributed by atoms with van der Waals surface area (Å²) in [6.45, 7) is 0. The van der Waals surface area contributed by atoms with E-state index in [2.05, 4.69) is 10.2 Å². The molecule has 0 fully saturated rings. The predicted molar refractivity (Wildman–Crippen MR) is 118 cm³/mol. The van der Waals surface area contributed by atoms with Crippen LogP contribution in [0.2, 0.25) is 0 Å². The Morgan fingerprint density at radius 1 is 0.586 bits per heavy atom. The Hall–Kier alpha value is -3.56. The summed E-state index contributed by atoms with van der Waals surface area (Å²) in [5.74, 6) is 0. The Morgan fingerprint density at radius 3 is 1.79 bits per heavy atom. The lowest BCUT2D eigenvalue weighted by Gasteiger charge is -2.09. The lowest BCUT2D eigenvalue weighted by Crippen LogP contribution is -1.91. The van der Waals surface area contributed by atoms with Crippen molar-refractivity contribution in [3.05, 3.63) is 109 Å². The van der Waals surface area contributed by atoms with E-state index < -0.39 is 5.24 Å². The summed E-state index contributed by atoms with van der Waals surface area (Å²) in [7, 11) is 0. The Morgan fingerprint density at radius 2 is 1.14 bits per heavy atom. The van der Waals surface area contributed by atoms with Gasteiger partial charge in [0.05, 0.1) is 11.3 Å². The molecular formula is C25H17ClN2O. The molecule has 0 aliphatic rings. The van der Waals surface area contributed by atoms with E-state index in [1.165, 1.54) is 0 Å². The SMILES string of the molecule is O=C(Cl)c1cccc(-c2ccccc2)c1N=Nc1ccccc1-c1ccccc1. The van der Waals surface area contributed by atoms with Gasteiger partial charge in [0.15, 0.2) is 0 Å². The Balaban J connectivity index is 1.84. The standard InChI is InChI=1S/C25H17ClN2O/c26-25(29)22-16-9-15-21(19-12-5-2-6-13-19)24(22)28-27-23-17-8-7-14-20(23)18-10-3-1-4-11-18/h1-17H. The molecular weight excluding hydrogens is 380 g/mol. The second kappa shape index (κ2) is 8.63. The molecule has 0 bridgehead atoms. The number of azo groups is 1. The fourth-order valence-electron chi connectivity index (χ4n) is 3.19. The molecule has 0 spiro atoms. The summed E-state index contributed by atoms with van der Waals surface area (Å²) in [5, 5.41) is 8.41. The second-order valence-corrected chi connectivity index (χ2v) is 6.77. The van der Waals surface area contributed by atoms with Crippen molar-refractivity contribution in [2.75, 3.05) is 0 Å². The van der Waals surface area contributed by atoms with Crippen LogP contribution in [0.15, 0.2) is 113 Å². The highest BCUT2D eigenvalue weighted by Crippen LogP contribution is 2.37. The maximum Gasteiger partial charge on any atom is 0.254 e. The highest BCUT2D eigenvalue weighted by molar-refractivity contribution is 6.68. The summed E-state index contributed by atoms with van der Waals surface area (Å²) in [6, 6.07) is 32.9. The second-order valence-electron chi connectivity index (χ2n) is 6.42. The molecule has 0 N–H and O–H groups in total. The molecule has 3 nitrogen and oxygen atoms in total. The maximum atomic E-state index is 12.0. The van der Waals surface area contributed by atoms with E-state index in [1.807, 2.05) is 91.0 Å². The van der Waals surface area contributed by atoms with Gasteiger partial charge in [0.25, 0.3) is 5.24 Å². The molecule has 0 aliphatic carbocycles. The van der Waals surface area contributed by atoms with Crippen molar-refractivity contribution >= 4 is 28.2 Å². The van der Waals surface area contributed by atoms with Crippen molar-refractivity contribution in [1.29, 1.82) is 0 Å². The van der Waals surface area contributed by atoms with Crippen LogP contribution in [0.25, 0.3) is 22.3 Å². The number of carbonyl (C=O) groups excluding carboxylic acids is 1. The van der Waals surface area contributed by atoms with E-state index in [0.717, 1.165) is 27.9 Å². The van der Waals surface area contributed by atoms with Gasteiger partial charge < -0.3 is 0 Å². The van der Waals surface area contributed by atoms with Crippen LogP contribution < -0.4 is 0 Å². The number of carbonyl (C=O) groups is 1. The van der Waals surface area contributed by atoms with Crippen molar-refractivity contribution < 1.29 is 4.79 Å². The van der Waals surface area contributed by atoms with E-state index in [-0.39, 0.29) is 0 Å². The van der Waals surface area contributed by atoms with Crippen molar-refractivity contribution in [1.82, 2.24) is 0 Å². The van der Waals surface area contributed by atoms with E-state index in [9.17, 15) is 4.79 Å². The Labute approximate surface area is 174 Å². The molecule has 4 aromatic rings. The lowest BCUT2D eigenvalue weighted by atomic mass is 10.0. The number of rotatable bonds is 5. The summed E-state index contributed by atoms with van der Waals surface area (Å²) in [5.41, 5.74) is 5.26. The quantitative estimate of drug-likeness (QED) is 0.250. The van der Waals surface area contributed by atoms with Gasteiger partial charge in [-0.15, -0.1) is 10.2 Å². The molecule has 0 saturated heterocycles. The van der Waals surface area contributed by atoms with Crippen molar-refractivity contribution in [2.45, 2.75) is 0 Å². The summed E-state index contributed by atoms with van der Waals surface area (Å²) >= 11 is 5.84. The van der Waals surface area contributed by atoms with Gasteiger partial charge in [-0.2, -0.15) is 0 Å². The van der Waals surface area contributed by atoms with Gasteiger partial charge in [-0.05, 0) is 34.9 Å². The smallest absolute Gasteiger partial charge is 0.254 e. The van der Waals surface area contributed by atoms with Gasteiger partial charge in [-0.1, -0.05) is 91.0 Å². The minimum absolute atomic E-state index is 0.328. The number of hydrogen-bond donors (Lipinski definition) is 0. The van der Waals surface area contributed by atoms with E-state index in [0.29, 0.717) is 11.3 Å². The zero-order chi connectivity index (χ0) is 20.1. The molecule has 0 amide bonds. The summed E-state index contributed by atoms with van der Waals surface area (Å²) in [6.07, 6.45) is 0. The van der Waals surface area contributed by atoms with Crippen LogP contribution in [0, 0.1) is 0 Å². The maximum absolute atomic E-state index is 12.0. The monoisotopic (exact) mass is 396 g/mol. The third kappa shape index (κ3) is 4.15. The average Bonchev–Trinajstić information content (AvgIpc) is 2.79. The predicted octanol–water partition coefficient (Wildman–Crippen LogP) is 7.82. The first-order chi connectivity index (χ1) is 14.2. The zero-order valence-corrected chi connectivity index (χ0v) is 16.3. The van der Waals surface area contributed by atoms with Gasteiger partial charge in [0.2, 0.25) is 0 Å². The van der Waals surface area contributed by atoms with Crippen LogP contribution in [0.4, 0.5) is 11.4 Å². The van der Waals surface area contributed by atoms with Gasteiger partial charge in [0, 0.05) is 11.1 Å². The van der Waals surface area contributed by atoms with Crippen LogP contribution >= 0.6 is 11.6 Å². The van der Waals surface area contributed by atoms with Crippen LogP contribution in [0.5, 0.6) is 0 Å². The first-order valence-corrected chi connectivity index (χ1v) is 9.56. The van der Waals surface area contributed by atoms with Gasteiger partial charge in [-0.25, -0.2) is 0 Å². The molecule has 0 radical (unpaired) electrons. The summed E-state index contributed by atoms with van der Waals surface area (Å²) in [4.78, 5) is 12.0. The molecule has 140 valence electrons. The number of halogens is 1. The largest absolute Gasteiger partial charge is 0.276 e. The number of nitrogens with zero attached hydrogens (tertiary/aromatic N) is 2. The average molecular weight is 397 g/mol. The highest BCUT2D eigenvalue weighted by atomic mass is 35.5. The lowest BCUT2D eigenvalue weighted by molar-refractivity contribution is 0.108. The first-order valence-electron chi connectivity index (χ1n) is 9.18. The van der Waals surface area contributed by atoms with Gasteiger partial charge in [0.1, 0.15) is 5.69 Å². The fourth-order valence-corrected chi connectivity index (χ4v) is 3.34. The van der Waals surface area contributed by atoms with Crippen LogP contribution in [0.1, 0.15) is 10.4 Å². The van der Waals surface area contributed by atoms with Crippen molar-refractivity contribution in [3.8, 4) is 22.3 Å². The number of benzene rings is 4. The third-order valence-corrected chi connectivity index (χ3v) is 4.78. The molecule has 0 unspecified atom stereocenters. The molecule has 0 aromatic heterocycles. The van der Waals surface area contributed by atoms with E-state index in [1.54, 1.807) is 12.1 Å². The molecule has 0 heterocycles. The van der Waals surface area contributed by atoms with Crippen LogP contribution in [-0.4, -0.2) is 5.24 Å². The molecule has 4 rings (SSSR count). The molecule has 29 heavy (non-hydrogen) atoms. The van der Waals surface area contributed by atoms with Gasteiger partial charge in [-0.3, -0.25) is 4.79 Å². The van der Waals surface area contributed by atoms with E-state index in [4.69, 9.17) is 11.6 Å². The Kier molecular flexibility index (Phi) is 5.59.